The molecule has 4 heterocycles. The Labute approximate surface area is 292 Å². The van der Waals surface area contributed by atoms with Gasteiger partial charge in [-0.15, -0.1) is 16.9 Å². The molecule has 0 aromatic carbocycles. The van der Waals surface area contributed by atoms with Crippen LogP contribution in [0.5, 0.6) is 0 Å². The fourth-order valence-corrected chi connectivity index (χ4v) is 7.77. The number of anilines is 1. The van der Waals surface area contributed by atoms with Gasteiger partial charge in [0.2, 0.25) is 28.7 Å². The number of aromatic nitrogens is 6. The Balaban J connectivity index is 1.36. The van der Waals surface area contributed by atoms with Gasteiger partial charge in [0.25, 0.3) is 5.91 Å². The second kappa shape index (κ2) is 15.5. The predicted octanol–water partition coefficient (Wildman–Crippen LogP) is 0.115. The van der Waals surface area contributed by atoms with Crippen LogP contribution in [0.1, 0.15) is 46.9 Å². The van der Waals surface area contributed by atoms with Gasteiger partial charge in [-0.1, -0.05) is 30.8 Å². The van der Waals surface area contributed by atoms with Crippen LogP contribution in [0.2, 0.25) is 0 Å². The summed E-state index contributed by atoms with van der Waals surface area (Å²) >= 11 is 3.11. The zero-order chi connectivity index (χ0) is 36.1. The molecule has 4 rings (SSSR count). The molecule has 4 atom stereocenters. The fraction of sp³-hybridized carbons (Fsp3) is 0.654. The number of rotatable bonds is 15. The number of aliphatic carboxylic acids is 2. The van der Waals surface area contributed by atoms with Gasteiger partial charge in [0.05, 0.1) is 0 Å². The highest BCUT2D eigenvalue weighted by atomic mass is 32.2. The Morgan fingerprint density at radius 1 is 1.24 bits per heavy atom. The second-order valence-electron chi connectivity index (χ2n) is 12.5. The SMILES string of the molecule is CC(C)C(ON=C(C(=O)NC1C(=O)N2CC(CSc3nnnn3CCCNC(=O)OC(C)(C)C)(C(=O)O)CS[C@H]12)c1nsc(N)n1)C(=O)O. The molecule has 2 saturated heterocycles. The largest absolute Gasteiger partial charge is 0.481 e. The predicted molar refractivity (Wildman–Crippen MR) is 176 cm³/mol. The van der Waals surface area contributed by atoms with Crippen LogP contribution in [0.15, 0.2) is 10.3 Å². The molecular weight excluding hydrogens is 707 g/mol. The number of tetrazole rings is 1. The standard InChI is InChI=1S/C26H37N11O9S3/c1-12(2)15(20(40)41)46-32-13(16-30-22(27)49-33-16)17(38)29-14-18(39)36-9-26(21(42)43,10-47-19(14)36)11-48-23-31-34-35-37(23)8-6-7-28-24(44)45-25(3,4)5/h12,14-15,19H,6-11H2,1-5H3,(H,28,44)(H,29,38)(H,40,41)(H,42,43)(H2,27,30,33)/t14?,15?,19-,26?/m1/s1. The maximum absolute atomic E-state index is 13.3. The molecule has 6 N–H and O–H groups in total. The fourth-order valence-electron chi connectivity index (χ4n) is 4.57. The van der Waals surface area contributed by atoms with Gasteiger partial charge in [0.1, 0.15) is 22.4 Å². The highest BCUT2D eigenvalue weighted by molar-refractivity contribution is 8.00. The number of oxime groups is 1. The molecule has 2 aromatic rings. The minimum atomic E-state index is -1.37. The number of nitrogen functional groups attached to an aromatic ring is 1. The quantitative estimate of drug-likeness (QED) is 0.0532. The Bertz CT molecular complexity index is 1590. The van der Waals surface area contributed by atoms with Crippen molar-refractivity contribution >= 4 is 75.7 Å². The number of carboxylic acid groups (broad SMARTS) is 2. The van der Waals surface area contributed by atoms with E-state index in [4.69, 9.17) is 15.3 Å². The summed E-state index contributed by atoms with van der Waals surface area (Å²) < 4.78 is 10.7. The van der Waals surface area contributed by atoms with Crippen LogP contribution in [-0.4, -0.2) is 128 Å². The Morgan fingerprint density at radius 2 is 1.98 bits per heavy atom. The van der Waals surface area contributed by atoms with Crippen molar-refractivity contribution in [1.29, 1.82) is 0 Å². The van der Waals surface area contributed by atoms with E-state index in [1.165, 1.54) is 21.3 Å². The van der Waals surface area contributed by atoms with E-state index < -0.39 is 70.0 Å². The molecular formula is C26H37N11O9S3. The number of alkyl carbamates (subject to hydrolysis) is 1. The number of nitrogens with two attached hydrogens (primary N) is 1. The number of carboxylic acids is 2. The summed E-state index contributed by atoms with van der Waals surface area (Å²) in [4.78, 5) is 73.0. The number of aryl methyl sites for hydroxylation is 1. The lowest BCUT2D eigenvalue weighted by molar-refractivity contribution is -0.157. The molecule has 49 heavy (non-hydrogen) atoms. The first-order valence-electron chi connectivity index (χ1n) is 14.9. The van der Waals surface area contributed by atoms with Crippen LogP contribution < -0.4 is 16.4 Å². The van der Waals surface area contributed by atoms with Crippen molar-refractivity contribution in [2.75, 3.05) is 30.3 Å². The van der Waals surface area contributed by atoms with Gasteiger partial charge in [0, 0.05) is 48.6 Å². The van der Waals surface area contributed by atoms with E-state index in [2.05, 4.69) is 40.7 Å². The molecule has 0 aliphatic carbocycles. The maximum Gasteiger partial charge on any atom is 0.407 e. The average molecular weight is 744 g/mol. The Hall–Kier alpha value is -4.25. The van der Waals surface area contributed by atoms with Crippen molar-refractivity contribution in [2.24, 2.45) is 16.5 Å². The summed E-state index contributed by atoms with van der Waals surface area (Å²) in [6, 6.07) is -1.03. The summed E-state index contributed by atoms with van der Waals surface area (Å²) in [6.07, 6.45) is -1.43. The smallest absolute Gasteiger partial charge is 0.407 e. The number of β-lactam (4-membered cyclic amide) rings is 1. The van der Waals surface area contributed by atoms with Crippen LogP contribution in [0.4, 0.5) is 9.93 Å². The van der Waals surface area contributed by atoms with Crippen molar-refractivity contribution in [1.82, 2.24) is 45.1 Å². The highest BCUT2D eigenvalue weighted by Crippen LogP contribution is 2.44. The van der Waals surface area contributed by atoms with Crippen molar-refractivity contribution in [3.8, 4) is 0 Å². The van der Waals surface area contributed by atoms with E-state index in [-0.39, 0.29) is 29.0 Å². The van der Waals surface area contributed by atoms with E-state index in [1.54, 1.807) is 34.6 Å². The molecule has 0 radical (unpaired) electrons. The first-order valence-corrected chi connectivity index (χ1v) is 17.7. The lowest BCUT2D eigenvalue weighted by Crippen LogP contribution is -2.74. The van der Waals surface area contributed by atoms with Crippen LogP contribution in [0.25, 0.3) is 0 Å². The van der Waals surface area contributed by atoms with E-state index in [0.29, 0.717) is 24.7 Å². The molecule has 3 unspecified atom stereocenters. The van der Waals surface area contributed by atoms with Gasteiger partial charge < -0.3 is 41.1 Å². The third-order valence-corrected chi connectivity index (χ3v) is 10.4. The van der Waals surface area contributed by atoms with Crippen LogP contribution >= 0.6 is 35.1 Å². The number of fused-ring (bicyclic) bond motifs is 1. The van der Waals surface area contributed by atoms with Gasteiger partial charge in [-0.05, 0) is 37.6 Å². The number of amides is 3. The van der Waals surface area contributed by atoms with E-state index >= 15 is 0 Å². The topological polar surface area (TPSA) is 279 Å². The summed E-state index contributed by atoms with van der Waals surface area (Å²) in [6.45, 7) is 9.01. The third kappa shape index (κ3) is 9.26. The molecule has 2 aromatic heterocycles. The summed E-state index contributed by atoms with van der Waals surface area (Å²) in [5.74, 6) is -4.36. The van der Waals surface area contributed by atoms with Crippen molar-refractivity contribution in [3.05, 3.63) is 5.82 Å². The van der Waals surface area contributed by atoms with Gasteiger partial charge >= 0.3 is 18.0 Å². The minimum absolute atomic E-state index is 0.0231. The minimum Gasteiger partial charge on any atom is -0.481 e. The Kier molecular flexibility index (Phi) is 11.9. The van der Waals surface area contributed by atoms with Crippen LogP contribution in [-0.2, 0) is 35.3 Å². The first kappa shape index (κ1) is 37.6. The molecule has 2 fully saturated rings. The highest BCUT2D eigenvalue weighted by Gasteiger charge is 2.57. The number of hydrogen-bond donors (Lipinski definition) is 5. The van der Waals surface area contributed by atoms with E-state index in [1.807, 2.05) is 0 Å². The summed E-state index contributed by atoms with van der Waals surface area (Å²) in [7, 11) is 0. The molecule has 0 saturated carbocycles. The van der Waals surface area contributed by atoms with Crippen LogP contribution in [0, 0.1) is 11.3 Å². The monoisotopic (exact) mass is 743 g/mol. The van der Waals surface area contributed by atoms with Crippen molar-refractivity contribution in [3.63, 3.8) is 0 Å². The second-order valence-corrected chi connectivity index (χ2v) is 15.3. The zero-order valence-electron chi connectivity index (χ0n) is 27.2. The van der Waals surface area contributed by atoms with Gasteiger partial charge in [0.15, 0.2) is 5.13 Å². The van der Waals surface area contributed by atoms with E-state index in [0.717, 1.165) is 23.3 Å². The molecule has 0 bridgehead atoms. The molecule has 0 spiro atoms. The molecule has 268 valence electrons. The molecule has 23 heteroatoms. The van der Waals surface area contributed by atoms with E-state index in [9.17, 15) is 34.2 Å². The first-order chi connectivity index (χ1) is 23.0. The number of ether oxygens (including phenoxy) is 1. The number of carbonyl (C=O) groups excluding carboxylic acids is 3. The number of nitrogens with zero attached hydrogens (tertiary/aromatic N) is 8. The molecule has 2 aliphatic rings. The average Bonchev–Trinajstić information content (AvgIpc) is 3.65. The number of thioether (sulfide) groups is 2. The summed E-state index contributed by atoms with van der Waals surface area (Å²) in [5, 5.41) is 40.1. The van der Waals surface area contributed by atoms with Gasteiger partial charge in [-0.25, -0.2) is 14.3 Å². The number of carbonyl (C=O) groups is 5. The number of nitrogens with one attached hydrogen (secondary N) is 2. The van der Waals surface area contributed by atoms with Crippen molar-refractivity contribution in [2.45, 2.75) is 75.9 Å². The molecule has 20 nitrogen and oxygen atoms in total. The van der Waals surface area contributed by atoms with Gasteiger partial charge in [-0.2, -0.15) is 9.36 Å². The lowest BCUT2D eigenvalue weighted by atomic mass is 9.89. The van der Waals surface area contributed by atoms with Crippen molar-refractivity contribution < 1.29 is 43.8 Å². The number of hydrogen-bond acceptors (Lipinski definition) is 17. The zero-order valence-corrected chi connectivity index (χ0v) is 29.6. The van der Waals surface area contributed by atoms with Gasteiger partial charge in [-0.3, -0.25) is 14.4 Å². The normalized spacial score (nSPS) is 21.4. The third-order valence-electron chi connectivity index (χ3n) is 7.05. The Morgan fingerprint density at radius 3 is 2.59 bits per heavy atom. The van der Waals surface area contributed by atoms with Crippen LogP contribution in [0.3, 0.4) is 0 Å². The lowest BCUT2D eigenvalue weighted by Gasteiger charge is -2.53. The maximum atomic E-state index is 13.3. The molecule has 2 aliphatic heterocycles. The summed E-state index contributed by atoms with van der Waals surface area (Å²) in [5.41, 5.74) is 3.22. The molecule has 3 amide bonds.